The summed E-state index contributed by atoms with van der Waals surface area (Å²) in [5.74, 6) is 0. The fourth-order valence-electron chi connectivity index (χ4n) is 1.67. The van der Waals surface area contributed by atoms with Gasteiger partial charge in [-0.15, -0.1) is 11.3 Å². The van der Waals surface area contributed by atoms with E-state index in [0.29, 0.717) is 6.42 Å². The van der Waals surface area contributed by atoms with Crippen LogP contribution in [0.3, 0.4) is 0 Å². The first-order chi connectivity index (χ1) is 5.68. The minimum atomic E-state index is -0.654. The summed E-state index contributed by atoms with van der Waals surface area (Å²) in [5, 5.41) is 19.0. The second kappa shape index (κ2) is 2.83. The lowest BCUT2D eigenvalue weighted by Gasteiger charge is -2.23. The molecule has 66 valence electrons. The first-order valence-corrected chi connectivity index (χ1v) is 4.95. The van der Waals surface area contributed by atoms with Crippen molar-refractivity contribution in [2.75, 3.05) is 0 Å². The smallest absolute Gasteiger partial charge is 0.106 e. The second-order valence-electron chi connectivity index (χ2n) is 3.29. The Bertz CT molecular complexity index is 293. The number of rotatable bonds is 0. The summed E-state index contributed by atoms with van der Waals surface area (Å²) in [6.07, 6.45) is 0.380. The van der Waals surface area contributed by atoms with Gasteiger partial charge in [0.05, 0.1) is 6.10 Å². The number of fused-ring (bicyclic) bond motifs is 1. The summed E-state index contributed by atoms with van der Waals surface area (Å²) in [7, 11) is 0. The summed E-state index contributed by atoms with van der Waals surface area (Å²) < 4.78 is 0. The maximum absolute atomic E-state index is 9.60. The molecule has 1 aromatic heterocycles. The maximum Gasteiger partial charge on any atom is 0.106 e. The molecule has 1 heterocycles. The number of aryl methyl sites for hydroxylation is 2. The van der Waals surface area contributed by atoms with Crippen molar-refractivity contribution in [2.45, 2.75) is 32.0 Å². The molecule has 0 aromatic carbocycles. The lowest BCUT2D eigenvalue weighted by atomic mass is 9.93. The Morgan fingerprint density at radius 1 is 1.50 bits per heavy atom. The van der Waals surface area contributed by atoms with Crippen LogP contribution in [0, 0.1) is 6.92 Å². The molecule has 0 bridgehead atoms. The third-order valence-electron chi connectivity index (χ3n) is 2.32. The molecule has 2 atom stereocenters. The van der Waals surface area contributed by atoms with Gasteiger partial charge >= 0.3 is 0 Å². The van der Waals surface area contributed by atoms with E-state index in [1.165, 1.54) is 9.75 Å². The molecule has 2 nitrogen and oxygen atoms in total. The van der Waals surface area contributed by atoms with Crippen LogP contribution < -0.4 is 0 Å². The number of aliphatic hydroxyl groups excluding tert-OH is 2. The highest BCUT2D eigenvalue weighted by Crippen LogP contribution is 2.35. The second-order valence-corrected chi connectivity index (χ2v) is 4.63. The Hall–Kier alpha value is -0.380. The molecule has 2 rings (SSSR count). The number of hydrogen-bond acceptors (Lipinski definition) is 3. The van der Waals surface area contributed by atoms with E-state index in [-0.39, 0.29) is 0 Å². The topological polar surface area (TPSA) is 40.5 Å². The van der Waals surface area contributed by atoms with Crippen molar-refractivity contribution in [1.29, 1.82) is 0 Å². The molecular weight excluding hydrogens is 172 g/mol. The molecule has 12 heavy (non-hydrogen) atoms. The zero-order valence-corrected chi connectivity index (χ0v) is 7.77. The lowest BCUT2D eigenvalue weighted by Crippen LogP contribution is -2.23. The van der Waals surface area contributed by atoms with E-state index in [1.54, 1.807) is 11.3 Å². The number of thiophene rings is 1. The van der Waals surface area contributed by atoms with Crippen molar-refractivity contribution in [1.82, 2.24) is 0 Å². The van der Waals surface area contributed by atoms with Gasteiger partial charge in [0, 0.05) is 9.75 Å². The minimum absolute atomic E-state index is 0.563. The summed E-state index contributed by atoms with van der Waals surface area (Å²) in [6.45, 7) is 2.03. The summed E-state index contributed by atoms with van der Waals surface area (Å²) >= 11 is 1.72. The van der Waals surface area contributed by atoms with E-state index in [2.05, 4.69) is 0 Å². The molecule has 1 aromatic rings. The molecule has 1 aliphatic rings. The van der Waals surface area contributed by atoms with Crippen molar-refractivity contribution >= 4 is 11.3 Å². The van der Waals surface area contributed by atoms with Gasteiger partial charge in [0.25, 0.3) is 0 Å². The van der Waals surface area contributed by atoms with Gasteiger partial charge in [0.1, 0.15) is 6.10 Å². The molecule has 0 spiro atoms. The summed E-state index contributed by atoms with van der Waals surface area (Å²) in [4.78, 5) is 2.46. The highest BCUT2D eigenvalue weighted by molar-refractivity contribution is 7.12. The Kier molecular flexibility index (Phi) is 1.94. The summed E-state index contributed by atoms with van der Waals surface area (Å²) in [6, 6.07) is 1.98. The predicted molar refractivity (Wildman–Crippen MR) is 48.3 cm³/mol. The third-order valence-corrected chi connectivity index (χ3v) is 3.44. The predicted octanol–water partition coefficient (Wildman–Crippen LogP) is 1.40. The number of aliphatic hydroxyl groups is 2. The van der Waals surface area contributed by atoms with E-state index in [4.69, 9.17) is 0 Å². The van der Waals surface area contributed by atoms with E-state index in [0.717, 1.165) is 12.0 Å². The van der Waals surface area contributed by atoms with Gasteiger partial charge in [0.2, 0.25) is 0 Å². The van der Waals surface area contributed by atoms with Gasteiger partial charge < -0.3 is 10.2 Å². The third kappa shape index (κ3) is 1.18. The van der Waals surface area contributed by atoms with E-state index in [9.17, 15) is 10.2 Å². The molecule has 2 unspecified atom stereocenters. The maximum atomic E-state index is 9.60. The Balaban J connectivity index is 2.41. The molecule has 1 aliphatic carbocycles. The fraction of sp³-hybridized carbons (Fsp3) is 0.556. The largest absolute Gasteiger partial charge is 0.390 e. The van der Waals surface area contributed by atoms with Gasteiger partial charge in [-0.1, -0.05) is 0 Å². The normalized spacial score (nSPS) is 28.6. The lowest BCUT2D eigenvalue weighted by molar-refractivity contribution is 0.00724. The highest BCUT2D eigenvalue weighted by Gasteiger charge is 2.27. The van der Waals surface area contributed by atoms with Crippen LogP contribution in [-0.4, -0.2) is 16.3 Å². The molecular formula is C9H12O2S. The number of hydrogen-bond donors (Lipinski definition) is 2. The van der Waals surface area contributed by atoms with Crippen LogP contribution in [0.5, 0.6) is 0 Å². The SMILES string of the molecule is Cc1cc2c(s1)CCC(O)C2O. The van der Waals surface area contributed by atoms with Crippen LogP contribution >= 0.6 is 11.3 Å². The standard InChI is InChI=1S/C9H12O2S/c1-5-4-6-8(12-5)3-2-7(10)9(6)11/h4,7,9-11H,2-3H2,1H3. The zero-order chi connectivity index (χ0) is 8.72. The average Bonchev–Trinajstić information content (AvgIpc) is 2.39. The fourth-order valence-corrected chi connectivity index (χ4v) is 2.76. The summed E-state index contributed by atoms with van der Waals surface area (Å²) in [5.41, 5.74) is 0.941. The van der Waals surface area contributed by atoms with E-state index < -0.39 is 12.2 Å². The van der Waals surface area contributed by atoms with Crippen LogP contribution in [0.4, 0.5) is 0 Å². The molecule has 0 saturated carbocycles. The molecule has 0 aliphatic heterocycles. The van der Waals surface area contributed by atoms with Gasteiger partial charge in [-0.3, -0.25) is 0 Å². The first kappa shape index (κ1) is 8.23. The van der Waals surface area contributed by atoms with Gasteiger partial charge in [-0.05, 0) is 31.4 Å². The molecule has 0 amide bonds. The van der Waals surface area contributed by atoms with E-state index in [1.807, 2.05) is 13.0 Å². The van der Waals surface area contributed by atoms with E-state index >= 15 is 0 Å². The molecule has 0 radical (unpaired) electrons. The van der Waals surface area contributed by atoms with Crippen LogP contribution in [0.25, 0.3) is 0 Å². The molecule has 0 saturated heterocycles. The van der Waals surface area contributed by atoms with Gasteiger partial charge in [-0.25, -0.2) is 0 Å². The average molecular weight is 184 g/mol. The quantitative estimate of drug-likeness (QED) is 0.640. The van der Waals surface area contributed by atoms with Gasteiger partial charge in [-0.2, -0.15) is 0 Å². The van der Waals surface area contributed by atoms with Crippen LogP contribution in [-0.2, 0) is 6.42 Å². The molecule has 0 fully saturated rings. The zero-order valence-electron chi connectivity index (χ0n) is 6.95. The van der Waals surface area contributed by atoms with Crippen LogP contribution in [0.15, 0.2) is 6.07 Å². The monoisotopic (exact) mass is 184 g/mol. The Morgan fingerprint density at radius 2 is 2.25 bits per heavy atom. The molecule has 2 N–H and O–H groups in total. The van der Waals surface area contributed by atoms with Crippen molar-refractivity contribution in [3.8, 4) is 0 Å². The van der Waals surface area contributed by atoms with Crippen molar-refractivity contribution in [3.63, 3.8) is 0 Å². The Morgan fingerprint density at radius 3 is 3.00 bits per heavy atom. The van der Waals surface area contributed by atoms with Crippen molar-refractivity contribution in [2.24, 2.45) is 0 Å². The van der Waals surface area contributed by atoms with Crippen molar-refractivity contribution < 1.29 is 10.2 Å². The van der Waals surface area contributed by atoms with Crippen molar-refractivity contribution in [3.05, 3.63) is 21.4 Å². The molecule has 3 heteroatoms. The first-order valence-electron chi connectivity index (χ1n) is 4.14. The van der Waals surface area contributed by atoms with Gasteiger partial charge in [0.15, 0.2) is 0 Å². The van der Waals surface area contributed by atoms with Crippen LogP contribution in [0.1, 0.15) is 27.8 Å². The minimum Gasteiger partial charge on any atom is -0.390 e. The highest BCUT2D eigenvalue weighted by atomic mass is 32.1. The Labute approximate surface area is 75.5 Å². The van der Waals surface area contributed by atoms with Crippen LogP contribution in [0.2, 0.25) is 0 Å².